The van der Waals surface area contributed by atoms with Gasteiger partial charge in [0.1, 0.15) is 18.0 Å². The fraction of sp³-hybridized carbons (Fsp3) is 0.500. The van der Waals surface area contributed by atoms with Crippen LogP contribution in [0.1, 0.15) is 18.8 Å². The van der Waals surface area contributed by atoms with Crippen molar-refractivity contribution in [1.29, 1.82) is 0 Å². The Bertz CT molecular complexity index is 229. The normalized spacial score (nSPS) is 31.8. The molecule has 3 atom stereocenters. The number of epoxide rings is 1. The van der Waals surface area contributed by atoms with Crippen molar-refractivity contribution in [2.45, 2.75) is 25.2 Å². The first kappa shape index (κ1) is 6.88. The lowest BCUT2D eigenvalue weighted by molar-refractivity contribution is 0.114. The molecule has 0 unspecified atom stereocenters. The van der Waals surface area contributed by atoms with Gasteiger partial charge < -0.3 is 14.3 Å². The summed E-state index contributed by atoms with van der Waals surface area (Å²) in [4.78, 5) is 0. The Hall–Kier alpha value is -0.800. The number of furan rings is 1. The van der Waals surface area contributed by atoms with Gasteiger partial charge in [-0.25, -0.2) is 0 Å². The van der Waals surface area contributed by atoms with Gasteiger partial charge >= 0.3 is 0 Å². The molecule has 0 bridgehead atoms. The van der Waals surface area contributed by atoms with Crippen molar-refractivity contribution in [2.24, 2.45) is 0 Å². The number of rotatable bonds is 2. The lowest BCUT2D eigenvalue weighted by Crippen LogP contribution is -2.05. The van der Waals surface area contributed by atoms with Crippen LogP contribution in [0.15, 0.2) is 22.8 Å². The van der Waals surface area contributed by atoms with Crippen LogP contribution in [0.3, 0.4) is 0 Å². The van der Waals surface area contributed by atoms with E-state index in [4.69, 9.17) is 9.15 Å². The largest absolute Gasteiger partial charge is 0.466 e. The van der Waals surface area contributed by atoms with E-state index in [-0.39, 0.29) is 12.2 Å². The molecule has 1 aromatic rings. The summed E-state index contributed by atoms with van der Waals surface area (Å²) < 4.78 is 10.1. The maximum absolute atomic E-state index is 9.50. The lowest BCUT2D eigenvalue weighted by atomic mass is 10.2. The van der Waals surface area contributed by atoms with E-state index in [1.165, 1.54) is 0 Å². The Morgan fingerprint density at radius 2 is 2.36 bits per heavy atom. The molecular formula is C8H10O3. The van der Waals surface area contributed by atoms with Crippen LogP contribution in [-0.2, 0) is 4.74 Å². The van der Waals surface area contributed by atoms with Crippen LogP contribution in [0.4, 0.5) is 0 Å². The molecule has 1 saturated heterocycles. The topological polar surface area (TPSA) is 45.9 Å². The minimum atomic E-state index is -0.597. The second kappa shape index (κ2) is 2.36. The number of ether oxygens (including phenoxy) is 1. The van der Waals surface area contributed by atoms with E-state index in [0.29, 0.717) is 5.76 Å². The smallest absolute Gasteiger partial charge is 0.140 e. The van der Waals surface area contributed by atoms with E-state index in [2.05, 4.69) is 0 Å². The third-order valence-corrected chi connectivity index (χ3v) is 1.90. The number of hydrogen-bond donors (Lipinski definition) is 1. The summed E-state index contributed by atoms with van der Waals surface area (Å²) in [6.45, 7) is 1.93. The monoisotopic (exact) mass is 154 g/mol. The highest BCUT2D eigenvalue weighted by molar-refractivity contribution is 5.07. The van der Waals surface area contributed by atoms with E-state index >= 15 is 0 Å². The molecule has 1 fully saturated rings. The van der Waals surface area contributed by atoms with Crippen LogP contribution in [0.2, 0.25) is 0 Å². The maximum Gasteiger partial charge on any atom is 0.140 e. The van der Waals surface area contributed by atoms with Crippen molar-refractivity contribution in [3.05, 3.63) is 24.2 Å². The molecule has 3 heteroatoms. The summed E-state index contributed by atoms with van der Waals surface area (Å²) in [5.74, 6) is 0.583. The van der Waals surface area contributed by atoms with Crippen molar-refractivity contribution in [3.63, 3.8) is 0 Å². The van der Waals surface area contributed by atoms with Gasteiger partial charge in [0.15, 0.2) is 0 Å². The Morgan fingerprint density at radius 3 is 2.82 bits per heavy atom. The highest BCUT2D eigenvalue weighted by atomic mass is 16.6. The molecule has 0 spiro atoms. The van der Waals surface area contributed by atoms with Crippen LogP contribution in [0, 0.1) is 0 Å². The summed E-state index contributed by atoms with van der Waals surface area (Å²) in [6, 6.07) is 3.50. The van der Waals surface area contributed by atoms with Crippen molar-refractivity contribution in [3.8, 4) is 0 Å². The van der Waals surface area contributed by atoms with Gasteiger partial charge in [0.05, 0.1) is 12.4 Å². The van der Waals surface area contributed by atoms with Gasteiger partial charge in [0.25, 0.3) is 0 Å². The molecule has 3 nitrogen and oxygen atoms in total. The van der Waals surface area contributed by atoms with Crippen LogP contribution in [-0.4, -0.2) is 17.3 Å². The number of aliphatic hydroxyl groups excluding tert-OH is 1. The first-order chi connectivity index (χ1) is 5.29. The molecule has 0 aromatic carbocycles. The minimum Gasteiger partial charge on any atom is -0.466 e. The Kier molecular flexibility index (Phi) is 1.47. The number of hydrogen-bond acceptors (Lipinski definition) is 3. The second-order valence-electron chi connectivity index (χ2n) is 2.77. The van der Waals surface area contributed by atoms with Gasteiger partial charge in [-0.2, -0.15) is 0 Å². The summed E-state index contributed by atoms with van der Waals surface area (Å²) in [5, 5.41) is 9.50. The van der Waals surface area contributed by atoms with Gasteiger partial charge in [-0.3, -0.25) is 0 Å². The van der Waals surface area contributed by atoms with Crippen LogP contribution < -0.4 is 0 Å². The molecule has 11 heavy (non-hydrogen) atoms. The maximum atomic E-state index is 9.50. The molecule has 0 aliphatic carbocycles. The van der Waals surface area contributed by atoms with Gasteiger partial charge in [-0.05, 0) is 19.1 Å². The van der Waals surface area contributed by atoms with E-state index in [0.717, 1.165) is 0 Å². The van der Waals surface area contributed by atoms with Crippen molar-refractivity contribution >= 4 is 0 Å². The summed E-state index contributed by atoms with van der Waals surface area (Å²) in [6.07, 6.45) is 1.04. The zero-order chi connectivity index (χ0) is 7.84. The highest BCUT2D eigenvalue weighted by Gasteiger charge is 2.42. The molecule has 1 N–H and O–H groups in total. The fourth-order valence-corrected chi connectivity index (χ4v) is 1.16. The second-order valence-corrected chi connectivity index (χ2v) is 2.77. The summed E-state index contributed by atoms with van der Waals surface area (Å²) in [7, 11) is 0. The van der Waals surface area contributed by atoms with Gasteiger partial charge in [-0.1, -0.05) is 0 Å². The predicted molar refractivity (Wildman–Crippen MR) is 38.0 cm³/mol. The highest BCUT2D eigenvalue weighted by Crippen LogP contribution is 2.33. The molecule has 0 saturated carbocycles. The Labute approximate surface area is 64.6 Å². The van der Waals surface area contributed by atoms with Crippen molar-refractivity contribution in [1.82, 2.24) is 0 Å². The first-order valence-corrected chi connectivity index (χ1v) is 3.66. The lowest BCUT2D eigenvalue weighted by Gasteiger charge is -2.01. The standard InChI is InChI=1S/C8H10O3/c1-5-8(11-5)7(9)6-3-2-4-10-6/h2-5,7-9H,1H3/t5-,7-,8+/m0/s1. The fourth-order valence-electron chi connectivity index (χ4n) is 1.16. The first-order valence-electron chi connectivity index (χ1n) is 3.66. The number of aliphatic hydroxyl groups is 1. The quantitative estimate of drug-likeness (QED) is 0.649. The Morgan fingerprint density at radius 1 is 1.64 bits per heavy atom. The molecule has 1 aromatic heterocycles. The minimum absolute atomic E-state index is 0.0684. The molecule has 0 amide bonds. The van der Waals surface area contributed by atoms with Crippen molar-refractivity contribution < 1.29 is 14.3 Å². The van der Waals surface area contributed by atoms with Crippen LogP contribution in [0.5, 0.6) is 0 Å². The third kappa shape index (κ3) is 1.17. The average molecular weight is 154 g/mol. The van der Waals surface area contributed by atoms with E-state index in [1.54, 1.807) is 18.4 Å². The molecule has 0 radical (unpaired) electrons. The summed E-state index contributed by atoms with van der Waals surface area (Å²) >= 11 is 0. The zero-order valence-corrected chi connectivity index (χ0v) is 6.23. The molecular weight excluding hydrogens is 144 g/mol. The SMILES string of the molecule is C[C@@H]1O[C@H]1[C@@H](O)c1ccco1. The molecule has 1 aliphatic heterocycles. The molecule has 2 rings (SSSR count). The molecule has 2 heterocycles. The molecule has 1 aliphatic rings. The molecule has 60 valence electrons. The average Bonchev–Trinajstić information content (AvgIpc) is 2.56. The third-order valence-electron chi connectivity index (χ3n) is 1.90. The van der Waals surface area contributed by atoms with Gasteiger partial charge in [-0.15, -0.1) is 0 Å². The Balaban J connectivity index is 2.06. The van der Waals surface area contributed by atoms with Crippen LogP contribution in [0.25, 0.3) is 0 Å². The predicted octanol–water partition coefficient (Wildman–Crippen LogP) is 1.10. The van der Waals surface area contributed by atoms with E-state index in [1.807, 2.05) is 6.92 Å². The zero-order valence-electron chi connectivity index (χ0n) is 6.23. The van der Waals surface area contributed by atoms with E-state index < -0.39 is 6.10 Å². The van der Waals surface area contributed by atoms with E-state index in [9.17, 15) is 5.11 Å². The summed E-state index contributed by atoms with van der Waals surface area (Å²) in [5.41, 5.74) is 0. The van der Waals surface area contributed by atoms with Crippen molar-refractivity contribution in [2.75, 3.05) is 0 Å². The van der Waals surface area contributed by atoms with Crippen LogP contribution >= 0.6 is 0 Å². The van der Waals surface area contributed by atoms with Gasteiger partial charge in [0, 0.05) is 0 Å². The van der Waals surface area contributed by atoms with Gasteiger partial charge in [0.2, 0.25) is 0 Å².